The quantitative estimate of drug-likeness (QED) is 0.857. The van der Waals surface area contributed by atoms with Crippen LogP contribution in [0.4, 0.5) is 0 Å². The molecular formula is C15H19ClO3. The lowest BCUT2D eigenvalue weighted by atomic mass is 9.77. The summed E-state index contributed by atoms with van der Waals surface area (Å²) in [5, 5.41) is 11.0. The Hall–Kier alpha value is -0.770. The molecule has 1 fully saturated rings. The Kier molecular flexibility index (Phi) is 3.46. The van der Waals surface area contributed by atoms with Gasteiger partial charge in [0, 0.05) is 24.1 Å². The minimum absolute atomic E-state index is 0.227. The Morgan fingerprint density at radius 3 is 2.79 bits per heavy atom. The van der Waals surface area contributed by atoms with Crippen LogP contribution in [0.1, 0.15) is 43.8 Å². The van der Waals surface area contributed by atoms with Crippen LogP contribution in [0.25, 0.3) is 0 Å². The molecule has 1 heterocycles. The van der Waals surface area contributed by atoms with Gasteiger partial charge < -0.3 is 14.6 Å². The second kappa shape index (κ2) is 4.97. The fourth-order valence-corrected chi connectivity index (χ4v) is 3.45. The maximum absolute atomic E-state index is 10.4. The Morgan fingerprint density at radius 2 is 2.11 bits per heavy atom. The zero-order valence-electron chi connectivity index (χ0n) is 11.1. The van der Waals surface area contributed by atoms with E-state index in [1.54, 1.807) is 13.2 Å². The van der Waals surface area contributed by atoms with Gasteiger partial charge in [0.1, 0.15) is 11.4 Å². The third-order valence-corrected chi connectivity index (χ3v) is 4.63. The second-order valence-corrected chi connectivity index (χ2v) is 6.06. The summed E-state index contributed by atoms with van der Waals surface area (Å²) in [6, 6.07) is 5.48. The van der Waals surface area contributed by atoms with Crippen molar-refractivity contribution in [2.45, 2.75) is 49.9 Å². The fourth-order valence-electron chi connectivity index (χ4n) is 3.27. The topological polar surface area (TPSA) is 38.7 Å². The summed E-state index contributed by atoms with van der Waals surface area (Å²) < 4.78 is 11.6. The van der Waals surface area contributed by atoms with E-state index in [9.17, 15) is 5.11 Å². The van der Waals surface area contributed by atoms with Crippen LogP contribution in [0, 0.1) is 0 Å². The van der Waals surface area contributed by atoms with Crippen LogP contribution in [0.3, 0.4) is 0 Å². The van der Waals surface area contributed by atoms with E-state index in [1.165, 1.54) is 0 Å². The Labute approximate surface area is 118 Å². The molecule has 0 aromatic heterocycles. The van der Waals surface area contributed by atoms with Crippen LogP contribution in [0.2, 0.25) is 5.02 Å². The van der Waals surface area contributed by atoms with Crippen molar-refractivity contribution in [2.75, 3.05) is 7.11 Å². The van der Waals surface area contributed by atoms with Crippen molar-refractivity contribution >= 4 is 11.6 Å². The number of ether oxygens (including phenoxy) is 2. The van der Waals surface area contributed by atoms with E-state index in [4.69, 9.17) is 21.1 Å². The van der Waals surface area contributed by atoms with Crippen molar-refractivity contribution in [3.63, 3.8) is 0 Å². The molecule has 1 aliphatic carbocycles. The molecule has 1 atom stereocenters. The highest BCUT2D eigenvalue weighted by Crippen LogP contribution is 2.46. The molecule has 1 aliphatic heterocycles. The first-order valence-electron chi connectivity index (χ1n) is 6.81. The SMILES string of the molecule is COC1CCC2(CC1)C[C@H](O)c1cc(Cl)ccc1O2. The van der Waals surface area contributed by atoms with Crippen molar-refractivity contribution in [1.29, 1.82) is 0 Å². The van der Waals surface area contributed by atoms with Gasteiger partial charge in [-0.25, -0.2) is 0 Å². The summed E-state index contributed by atoms with van der Waals surface area (Å²) in [5.74, 6) is 0.777. The largest absolute Gasteiger partial charge is 0.487 e. The number of halogens is 1. The third-order valence-electron chi connectivity index (χ3n) is 4.40. The average Bonchev–Trinajstić information content (AvgIpc) is 2.41. The summed E-state index contributed by atoms with van der Waals surface area (Å²) in [6.45, 7) is 0. The van der Waals surface area contributed by atoms with Crippen LogP contribution in [-0.4, -0.2) is 23.9 Å². The summed E-state index contributed by atoms with van der Waals surface area (Å²) in [5.41, 5.74) is 0.585. The summed E-state index contributed by atoms with van der Waals surface area (Å²) in [6.07, 6.45) is 4.35. The van der Waals surface area contributed by atoms with Gasteiger partial charge >= 0.3 is 0 Å². The minimum Gasteiger partial charge on any atom is -0.487 e. The van der Waals surface area contributed by atoms with Crippen molar-refractivity contribution in [3.8, 4) is 5.75 Å². The van der Waals surface area contributed by atoms with Crippen LogP contribution in [0.15, 0.2) is 18.2 Å². The molecule has 1 saturated carbocycles. The number of aliphatic hydroxyl groups is 1. The van der Waals surface area contributed by atoms with E-state index < -0.39 is 6.10 Å². The van der Waals surface area contributed by atoms with E-state index in [0.29, 0.717) is 17.5 Å². The van der Waals surface area contributed by atoms with Crippen molar-refractivity contribution < 1.29 is 14.6 Å². The molecule has 0 unspecified atom stereocenters. The van der Waals surface area contributed by atoms with E-state index in [-0.39, 0.29) is 5.60 Å². The molecule has 4 heteroatoms. The molecule has 1 spiro atoms. The van der Waals surface area contributed by atoms with E-state index >= 15 is 0 Å². The lowest BCUT2D eigenvalue weighted by molar-refractivity contribution is -0.0671. The van der Waals surface area contributed by atoms with Crippen molar-refractivity contribution in [3.05, 3.63) is 28.8 Å². The Balaban J connectivity index is 1.83. The molecule has 19 heavy (non-hydrogen) atoms. The number of methoxy groups -OCH3 is 1. The number of rotatable bonds is 1. The first kappa shape index (κ1) is 13.2. The maximum atomic E-state index is 10.4. The molecule has 2 aliphatic rings. The van der Waals surface area contributed by atoms with Crippen molar-refractivity contribution in [1.82, 2.24) is 0 Å². The number of benzene rings is 1. The standard InChI is InChI=1S/C15H19ClO3/c1-18-11-4-6-15(7-5-11)9-13(17)12-8-10(16)2-3-14(12)19-15/h2-3,8,11,13,17H,4-7,9H2,1H3/t11?,13-,15?/m0/s1. The average molecular weight is 283 g/mol. The van der Waals surface area contributed by atoms with Crippen LogP contribution < -0.4 is 4.74 Å². The Morgan fingerprint density at radius 1 is 1.37 bits per heavy atom. The van der Waals surface area contributed by atoms with E-state index in [1.807, 2.05) is 12.1 Å². The van der Waals surface area contributed by atoms with Gasteiger partial charge in [0.15, 0.2) is 0 Å². The molecule has 104 valence electrons. The molecule has 0 saturated heterocycles. The van der Waals surface area contributed by atoms with Crippen LogP contribution in [0.5, 0.6) is 5.75 Å². The zero-order valence-corrected chi connectivity index (χ0v) is 11.8. The number of fused-ring (bicyclic) bond motifs is 1. The molecule has 3 nitrogen and oxygen atoms in total. The first-order chi connectivity index (χ1) is 9.12. The second-order valence-electron chi connectivity index (χ2n) is 5.62. The molecule has 0 radical (unpaired) electrons. The summed E-state index contributed by atoms with van der Waals surface area (Å²) in [7, 11) is 1.76. The van der Waals surface area contributed by atoms with Gasteiger partial charge in [-0.3, -0.25) is 0 Å². The maximum Gasteiger partial charge on any atom is 0.126 e. The van der Waals surface area contributed by atoms with Crippen molar-refractivity contribution in [2.24, 2.45) is 0 Å². The molecular weight excluding hydrogens is 264 g/mol. The summed E-state index contributed by atoms with van der Waals surface area (Å²) >= 11 is 5.97. The molecule has 1 N–H and O–H groups in total. The van der Waals surface area contributed by atoms with Gasteiger partial charge in [0.05, 0.1) is 12.2 Å². The predicted octanol–water partition coefficient (Wildman–Crippen LogP) is 3.48. The van der Waals surface area contributed by atoms with Gasteiger partial charge in [0.2, 0.25) is 0 Å². The lowest BCUT2D eigenvalue weighted by Crippen LogP contribution is -2.45. The van der Waals surface area contributed by atoms with Gasteiger partial charge in [-0.2, -0.15) is 0 Å². The first-order valence-corrected chi connectivity index (χ1v) is 7.19. The highest BCUT2D eigenvalue weighted by molar-refractivity contribution is 6.30. The van der Waals surface area contributed by atoms with Crippen LogP contribution in [-0.2, 0) is 4.74 Å². The number of hydrogen-bond acceptors (Lipinski definition) is 3. The number of aliphatic hydroxyl groups excluding tert-OH is 1. The van der Waals surface area contributed by atoms with Crippen LogP contribution >= 0.6 is 11.6 Å². The minimum atomic E-state index is -0.485. The number of hydrogen-bond donors (Lipinski definition) is 1. The fraction of sp³-hybridized carbons (Fsp3) is 0.600. The lowest BCUT2D eigenvalue weighted by Gasteiger charge is -2.44. The molecule has 1 aromatic rings. The Bertz CT molecular complexity index is 466. The van der Waals surface area contributed by atoms with E-state index in [0.717, 1.165) is 37.0 Å². The predicted molar refractivity (Wildman–Crippen MR) is 73.7 cm³/mol. The van der Waals surface area contributed by atoms with Gasteiger partial charge in [-0.05, 0) is 43.9 Å². The summed E-state index contributed by atoms with van der Waals surface area (Å²) in [4.78, 5) is 0. The third kappa shape index (κ3) is 2.47. The molecule has 3 rings (SSSR count). The molecule has 0 amide bonds. The highest BCUT2D eigenvalue weighted by atomic mass is 35.5. The van der Waals surface area contributed by atoms with Gasteiger partial charge in [-0.1, -0.05) is 11.6 Å². The molecule has 1 aromatic carbocycles. The zero-order chi connectivity index (χ0) is 13.5. The monoisotopic (exact) mass is 282 g/mol. The van der Waals surface area contributed by atoms with Gasteiger partial charge in [0.25, 0.3) is 0 Å². The van der Waals surface area contributed by atoms with E-state index in [2.05, 4.69) is 0 Å². The highest BCUT2D eigenvalue weighted by Gasteiger charge is 2.43. The molecule has 0 bridgehead atoms. The smallest absolute Gasteiger partial charge is 0.126 e. The van der Waals surface area contributed by atoms with Gasteiger partial charge in [-0.15, -0.1) is 0 Å². The normalized spacial score (nSPS) is 33.8.